The van der Waals surface area contributed by atoms with Gasteiger partial charge in [-0.05, 0) is 47.5 Å². The highest BCUT2D eigenvalue weighted by Gasteiger charge is 2.42. The van der Waals surface area contributed by atoms with E-state index in [0.29, 0.717) is 5.02 Å². The number of halogens is 1. The highest BCUT2D eigenvalue weighted by Crippen LogP contribution is 2.35. The van der Waals surface area contributed by atoms with E-state index >= 15 is 0 Å². The van der Waals surface area contributed by atoms with Crippen molar-refractivity contribution in [2.24, 2.45) is 0 Å². The van der Waals surface area contributed by atoms with E-state index in [9.17, 15) is 4.79 Å². The van der Waals surface area contributed by atoms with Gasteiger partial charge < -0.3 is 5.32 Å². The first kappa shape index (κ1) is 14.0. The van der Waals surface area contributed by atoms with Gasteiger partial charge in [-0.25, -0.2) is 4.68 Å². The fourth-order valence-corrected chi connectivity index (χ4v) is 2.96. The molecule has 6 nitrogen and oxygen atoms in total. The molecule has 0 radical (unpaired) electrons. The van der Waals surface area contributed by atoms with E-state index in [2.05, 4.69) is 20.8 Å². The van der Waals surface area contributed by atoms with Crippen LogP contribution in [0.3, 0.4) is 0 Å². The molecule has 1 aliphatic rings. The van der Waals surface area contributed by atoms with Crippen molar-refractivity contribution in [2.45, 2.75) is 37.6 Å². The summed E-state index contributed by atoms with van der Waals surface area (Å²) in [4.78, 5) is 12.8. The third kappa shape index (κ3) is 2.76. The molecule has 110 valence electrons. The first-order chi connectivity index (χ1) is 10.2. The van der Waals surface area contributed by atoms with Gasteiger partial charge in [0.25, 0.3) is 5.91 Å². The number of nitrogens with zero attached hydrogens (tertiary/aromatic N) is 4. The molecule has 3 rings (SSSR count). The summed E-state index contributed by atoms with van der Waals surface area (Å²) in [7, 11) is 0. The molecular weight excluding hydrogens is 290 g/mol. The molecule has 21 heavy (non-hydrogen) atoms. The van der Waals surface area contributed by atoms with Crippen LogP contribution in [0.5, 0.6) is 0 Å². The average Bonchev–Trinajstić information content (AvgIpc) is 3.05. The van der Waals surface area contributed by atoms with Crippen LogP contribution < -0.4 is 5.32 Å². The van der Waals surface area contributed by atoms with E-state index in [-0.39, 0.29) is 5.91 Å². The maximum atomic E-state index is 12.8. The molecule has 0 aliphatic heterocycles. The summed E-state index contributed by atoms with van der Waals surface area (Å²) >= 11 is 5.86. The summed E-state index contributed by atoms with van der Waals surface area (Å²) in [5.74, 6) is -0.0724. The second-order valence-corrected chi connectivity index (χ2v) is 5.74. The minimum atomic E-state index is -0.693. The lowest BCUT2D eigenvalue weighted by molar-refractivity contribution is -0.126. The first-order valence-electron chi connectivity index (χ1n) is 7.01. The van der Waals surface area contributed by atoms with E-state index in [4.69, 9.17) is 11.6 Å². The normalized spacial score (nSPS) is 17.4. The van der Waals surface area contributed by atoms with Crippen LogP contribution in [0.25, 0.3) is 0 Å². The number of hydrogen-bond acceptors (Lipinski definition) is 4. The fourth-order valence-electron chi connectivity index (χ4n) is 2.83. The zero-order chi connectivity index (χ0) is 14.7. The number of amides is 1. The Kier molecular flexibility index (Phi) is 3.88. The van der Waals surface area contributed by atoms with Crippen molar-refractivity contribution in [3.63, 3.8) is 0 Å². The van der Waals surface area contributed by atoms with Crippen LogP contribution in [0.15, 0.2) is 30.6 Å². The monoisotopic (exact) mass is 305 g/mol. The number of benzene rings is 1. The van der Waals surface area contributed by atoms with E-state index in [1.165, 1.54) is 6.33 Å². The number of aromatic nitrogens is 4. The number of anilines is 1. The lowest BCUT2D eigenvalue weighted by atomic mass is 9.81. The molecule has 1 aromatic heterocycles. The van der Waals surface area contributed by atoms with Crippen molar-refractivity contribution in [3.8, 4) is 0 Å². The predicted octanol–water partition coefficient (Wildman–Crippen LogP) is 2.62. The Morgan fingerprint density at radius 2 is 1.90 bits per heavy atom. The molecule has 7 heteroatoms. The molecule has 1 aliphatic carbocycles. The van der Waals surface area contributed by atoms with Gasteiger partial charge in [-0.1, -0.05) is 30.9 Å². The van der Waals surface area contributed by atoms with Crippen molar-refractivity contribution in [1.82, 2.24) is 20.2 Å². The summed E-state index contributed by atoms with van der Waals surface area (Å²) in [5.41, 5.74) is 0.0314. The van der Waals surface area contributed by atoms with Gasteiger partial charge in [0, 0.05) is 10.7 Å². The van der Waals surface area contributed by atoms with E-state index < -0.39 is 5.54 Å². The Labute approximate surface area is 127 Å². The third-order valence-electron chi connectivity index (χ3n) is 3.99. The molecule has 2 aromatic rings. The van der Waals surface area contributed by atoms with Gasteiger partial charge in [0.1, 0.15) is 11.9 Å². The quantitative estimate of drug-likeness (QED) is 0.946. The first-order valence-corrected chi connectivity index (χ1v) is 7.39. The molecule has 0 unspecified atom stereocenters. The summed E-state index contributed by atoms with van der Waals surface area (Å²) in [6.07, 6.45) is 6.14. The standard InChI is InChI=1S/C14H16ClN5O/c15-11-4-6-12(7-5-11)17-13(21)14(8-2-1-3-9-14)20-10-16-18-19-20/h4-7,10H,1-3,8-9H2,(H,17,21). The molecule has 0 saturated heterocycles. The van der Waals surface area contributed by atoms with Crippen molar-refractivity contribution in [3.05, 3.63) is 35.6 Å². The highest BCUT2D eigenvalue weighted by molar-refractivity contribution is 6.30. The fraction of sp³-hybridized carbons (Fsp3) is 0.429. The molecule has 0 atom stereocenters. The van der Waals surface area contributed by atoms with Gasteiger partial charge >= 0.3 is 0 Å². The third-order valence-corrected chi connectivity index (χ3v) is 4.25. The minimum absolute atomic E-state index is 0.0724. The zero-order valence-electron chi connectivity index (χ0n) is 11.5. The van der Waals surface area contributed by atoms with Crippen molar-refractivity contribution in [1.29, 1.82) is 0 Å². The molecule has 0 spiro atoms. The van der Waals surface area contributed by atoms with Gasteiger partial charge in [-0.15, -0.1) is 5.10 Å². The molecule has 0 bridgehead atoms. The van der Waals surface area contributed by atoms with E-state index in [1.807, 2.05) is 0 Å². The maximum Gasteiger partial charge on any atom is 0.252 e. The lowest BCUT2D eigenvalue weighted by Gasteiger charge is -2.35. The van der Waals surface area contributed by atoms with Gasteiger partial charge in [-0.3, -0.25) is 4.79 Å². The summed E-state index contributed by atoms with van der Waals surface area (Å²) < 4.78 is 1.59. The Hall–Kier alpha value is -1.95. The number of nitrogens with one attached hydrogen (secondary N) is 1. The Morgan fingerprint density at radius 1 is 1.19 bits per heavy atom. The molecule has 1 heterocycles. The Bertz CT molecular complexity index is 605. The van der Waals surface area contributed by atoms with Crippen LogP contribution >= 0.6 is 11.6 Å². The smallest absolute Gasteiger partial charge is 0.252 e. The van der Waals surface area contributed by atoms with Gasteiger partial charge in [0.2, 0.25) is 0 Å². The number of rotatable bonds is 3. The second-order valence-electron chi connectivity index (χ2n) is 5.31. The van der Waals surface area contributed by atoms with Crippen LogP contribution in [0.2, 0.25) is 5.02 Å². The Morgan fingerprint density at radius 3 is 2.52 bits per heavy atom. The number of tetrazole rings is 1. The van der Waals surface area contributed by atoms with Crippen LogP contribution in [0, 0.1) is 0 Å². The average molecular weight is 306 g/mol. The summed E-state index contributed by atoms with van der Waals surface area (Å²) in [6, 6.07) is 7.08. The van der Waals surface area contributed by atoms with Gasteiger partial charge in [0.05, 0.1) is 0 Å². The van der Waals surface area contributed by atoms with Crippen molar-refractivity contribution in [2.75, 3.05) is 5.32 Å². The minimum Gasteiger partial charge on any atom is -0.324 e. The second kappa shape index (κ2) is 5.81. The van der Waals surface area contributed by atoms with E-state index in [1.54, 1.807) is 28.9 Å². The topological polar surface area (TPSA) is 72.7 Å². The Balaban J connectivity index is 1.86. The lowest BCUT2D eigenvalue weighted by Crippen LogP contribution is -2.47. The zero-order valence-corrected chi connectivity index (χ0v) is 12.3. The van der Waals surface area contributed by atoms with Crippen LogP contribution in [-0.4, -0.2) is 26.1 Å². The van der Waals surface area contributed by atoms with Gasteiger partial charge in [0.15, 0.2) is 0 Å². The largest absolute Gasteiger partial charge is 0.324 e. The molecular formula is C14H16ClN5O. The van der Waals surface area contributed by atoms with Crippen molar-refractivity contribution >= 4 is 23.2 Å². The highest BCUT2D eigenvalue weighted by atomic mass is 35.5. The van der Waals surface area contributed by atoms with E-state index in [0.717, 1.165) is 37.8 Å². The summed E-state index contributed by atoms with van der Waals surface area (Å²) in [6.45, 7) is 0. The van der Waals surface area contributed by atoms with Crippen molar-refractivity contribution < 1.29 is 4.79 Å². The van der Waals surface area contributed by atoms with Crippen LogP contribution in [0.4, 0.5) is 5.69 Å². The maximum absolute atomic E-state index is 12.8. The predicted molar refractivity (Wildman–Crippen MR) is 79.0 cm³/mol. The number of carbonyl (C=O) groups is 1. The number of carbonyl (C=O) groups excluding carboxylic acids is 1. The molecule has 1 saturated carbocycles. The van der Waals surface area contributed by atoms with Gasteiger partial charge in [-0.2, -0.15) is 0 Å². The molecule has 1 amide bonds. The molecule has 1 aromatic carbocycles. The molecule has 1 fully saturated rings. The SMILES string of the molecule is O=C(Nc1ccc(Cl)cc1)C1(n2cnnn2)CCCCC1. The van der Waals surface area contributed by atoms with Crippen LogP contribution in [0.1, 0.15) is 32.1 Å². The number of hydrogen-bond donors (Lipinski definition) is 1. The van der Waals surface area contributed by atoms with Crippen LogP contribution in [-0.2, 0) is 10.3 Å². The summed E-state index contributed by atoms with van der Waals surface area (Å²) in [5, 5.41) is 14.9. The molecule has 1 N–H and O–H groups in total.